The van der Waals surface area contributed by atoms with Crippen molar-refractivity contribution in [2.24, 2.45) is 0 Å². The molecule has 25 heavy (non-hydrogen) atoms. The van der Waals surface area contributed by atoms with Crippen molar-refractivity contribution in [3.8, 4) is 0 Å². The Morgan fingerprint density at radius 1 is 1.28 bits per heavy atom. The number of benzene rings is 1. The standard InChI is InChI=1S/C17H20N2O4S2/c1-13-5-10-24-16(13)12-18-17(20)14-3-2-4-15(11-14)25(21,22)19-6-8-23-9-7-19/h2-5,10-11H,6-9,12H2,1H3,(H,18,20). The van der Waals surface area contributed by atoms with Crippen molar-refractivity contribution in [2.75, 3.05) is 26.3 Å². The fraction of sp³-hybridized carbons (Fsp3) is 0.353. The van der Waals surface area contributed by atoms with Gasteiger partial charge in [-0.2, -0.15) is 4.31 Å². The molecule has 8 heteroatoms. The first kappa shape index (κ1) is 18.1. The minimum Gasteiger partial charge on any atom is -0.379 e. The molecule has 2 heterocycles. The van der Waals surface area contributed by atoms with Crippen molar-refractivity contribution in [3.05, 3.63) is 51.7 Å². The molecular formula is C17H20N2O4S2. The van der Waals surface area contributed by atoms with Gasteiger partial charge in [-0.3, -0.25) is 4.79 Å². The second-order valence-electron chi connectivity index (χ2n) is 5.75. The quantitative estimate of drug-likeness (QED) is 0.861. The van der Waals surface area contributed by atoms with E-state index in [1.54, 1.807) is 23.5 Å². The van der Waals surface area contributed by atoms with Crippen LogP contribution in [0.1, 0.15) is 20.8 Å². The summed E-state index contributed by atoms with van der Waals surface area (Å²) in [7, 11) is -3.61. The smallest absolute Gasteiger partial charge is 0.251 e. The van der Waals surface area contributed by atoms with Crippen LogP contribution in [-0.4, -0.2) is 44.9 Å². The van der Waals surface area contributed by atoms with Gasteiger partial charge in [-0.1, -0.05) is 6.07 Å². The predicted molar refractivity (Wildman–Crippen MR) is 96.2 cm³/mol. The lowest BCUT2D eigenvalue weighted by molar-refractivity contribution is 0.0730. The highest BCUT2D eigenvalue weighted by Gasteiger charge is 2.26. The van der Waals surface area contributed by atoms with Crippen molar-refractivity contribution in [1.82, 2.24) is 9.62 Å². The number of sulfonamides is 1. The number of amides is 1. The zero-order valence-corrected chi connectivity index (χ0v) is 15.5. The zero-order valence-electron chi connectivity index (χ0n) is 13.9. The molecule has 1 amide bonds. The maximum atomic E-state index is 12.7. The Bertz CT molecular complexity index is 855. The van der Waals surface area contributed by atoms with E-state index in [0.29, 0.717) is 38.4 Å². The van der Waals surface area contributed by atoms with Crippen LogP contribution in [0.3, 0.4) is 0 Å². The molecule has 0 atom stereocenters. The molecule has 0 unspecified atom stereocenters. The largest absolute Gasteiger partial charge is 0.379 e. The van der Waals surface area contributed by atoms with Crippen molar-refractivity contribution in [2.45, 2.75) is 18.4 Å². The molecule has 0 bridgehead atoms. The fourth-order valence-corrected chi connectivity index (χ4v) is 4.88. The molecular weight excluding hydrogens is 360 g/mol. The summed E-state index contributed by atoms with van der Waals surface area (Å²) in [5, 5.41) is 4.82. The van der Waals surface area contributed by atoms with Crippen molar-refractivity contribution >= 4 is 27.3 Å². The maximum absolute atomic E-state index is 12.7. The normalized spacial score (nSPS) is 15.9. The van der Waals surface area contributed by atoms with Gasteiger partial charge in [0.1, 0.15) is 0 Å². The third-order valence-corrected chi connectivity index (χ3v) is 7.00. The molecule has 0 saturated carbocycles. The lowest BCUT2D eigenvalue weighted by atomic mass is 10.2. The van der Waals surface area contributed by atoms with Crippen LogP contribution >= 0.6 is 11.3 Å². The van der Waals surface area contributed by atoms with E-state index in [1.165, 1.54) is 16.4 Å². The van der Waals surface area contributed by atoms with Crippen molar-refractivity contribution in [1.29, 1.82) is 0 Å². The number of hydrogen-bond donors (Lipinski definition) is 1. The van der Waals surface area contributed by atoms with Gasteiger partial charge in [-0.25, -0.2) is 8.42 Å². The Labute approximate surface area is 151 Å². The number of carbonyl (C=O) groups is 1. The van der Waals surface area contributed by atoms with E-state index in [4.69, 9.17) is 4.74 Å². The molecule has 1 aliphatic heterocycles. The highest BCUT2D eigenvalue weighted by Crippen LogP contribution is 2.19. The van der Waals surface area contributed by atoms with E-state index >= 15 is 0 Å². The van der Waals surface area contributed by atoms with Gasteiger partial charge >= 0.3 is 0 Å². The van der Waals surface area contributed by atoms with Crippen LogP contribution in [0.2, 0.25) is 0 Å². The van der Waals surface area contributed by atoms with Crippen LogP contribution in [-0.2, 0) is 21.3 Å². The van der Waals surface area contributed by atoms with E-state index in [-0.39, 0.29) is 10.8 Å². The summed E-state index contributed by atoms with van der Waals surface area (Å²) in [6.45, 7) is 3.86. The summed E-state index contributed by atoms with van der Waals surface area (Å²) in [5.74, 6) is -0.285. The van der Waals surface area contributed by atoms with Gasteiger partial charge < -0.3 is 10.1 Å². The first-order valence-electron chi connectivity index (χ1n) is 7.97. The Morgan fingerprint density at radius 2 is 2.04 bits per heavy atom. The monoisotopic (exact) mass is 380 g/mol. The number of carbonyl (C=O) groups excluding carboxylic acids is 1. The molecule has 1 fully saturated rings. The van der Waals surface area contributed by atoms with Gasteiger partial charge in [0.15, 0.2) is 0 Å². The third-order valence-electron chi connectivity index (χ3n) is 4.08. The topological polar surface area (TPSA) is 75.7 Å². The summed E-state index contributed by atoms with van der Waals surface area (Å²) < 4.78 is 32.0. The number of aryl methyl sites for hydroxylation is 1. The first-order valence-corrected chi connectivity index (χ1v) is 10.3. The third kappa shape index (κ3) is 4.09. The van der Waals surface area contributed by atoms with Crippen LogP contribution in [0.25, 0.3) is 0 Å². The Balaban J connectivity index is 1.74. The molecule has 0 aliphatic carbocycles. The first-order chi connectivity index (χ1) is 12.0. The molecule has 0 spiro atoms. The summed E-state index contributed by atoms with van der Waals surface area (Å²) in [5.41, 5.74) is 1.47. The summed E-state index contributed by atoms with van der Waals surface area (Å²) in [6.07, 6.45) is 0. The zero-order chi connectivity index (χ0) is 17.9. The molecule has 0 radical (unpaired) electrons. The van der Waals surface area contributed by atoms with Gasteiger partial charge in [-0.05, 0) is 42.1 Å². The minimum atomic E-state index is -3.61. The van der Waals surface area contributed by atoms with E-state index < -0.39 is 10.0 Å². The summed E-state index contributed by atoms with van der Waals surface area (Å²) in [4.78, 5) is 13.6. The Kier molecular flexibility index (Phi) is 5.53. The van der Waals surface area contributed by atoms with E-state index in [9.17, 15) is 13.2 Å². The molecule has 134 valence electrons. The van der Waals surface area contributed by atoms with Gasteiger partial charge in [0.2, 0.25) is 10.0 Å². The van der Waals surface area contributed by atoms with Gasteiger partial charge in [0.25, 0.3) is 5.91 Å². The van der Waals surface area contributed by atoms with Crippen LogP contribution < -0.4 is 5.32 Å². The molecule has 1 saturated heterocycles. The predicted octanol–water partition coefficient (Wildman–Crippen LogP) is 2.01. The average molecular weight is 380 g/mol. The molecule has 1 N–H and O–H groups in total. The lowest BCUT2D eigenvalue weighted by Gasteiger charge is -2.26. The number of rotatable bonds is 5. The van der Waals surface area contributed by atoms with E-state index in [2.05, 4.69) is 5.32 Å². The number of ether oxygens (including phenoxy) is 1. The maximum Gasteiger partial charge on any atom is 0.251 e. The molecule has 1 aromatic heterocycles. The molecule has 1 aromatic carbocycles. The SMILES string of the molecule is Cc1ccsc1CNC(=O)c1cccc(S(=O)(=O)N2CCOCC2)c1. The fourth-order valence-electron chi connectivity index (χ4n) is 2.58. The van der Waals surface area contributed by atoms with E-state index in [1.807, 2.05) is 18.4 Å². The Morgan fingerprint density at radius 3 is 2.72 bits per heavy atom. The van der Waals surface area contributed by atoms with Crippen LogP contribution in [0.5, 0.6) is 0 Å². The minimum absolute atomic E-state index is 0.134. The molecule has 6 nitrogen and oxygen atoms in total. The lowest BCUT2D eigenvalue weighted by Crippen LogP contribution is -2.40. The molecule has 1 aliphatic rings. The number of nitrogens with zero attached hydrogens (tertiary/aromatic N) is 1. The van der Waals surface area contributed by atoms with Crippen LogP contribution in [0.4, 0.5) is 0 Å². The van der Waals surface area contributed by atoms with Gasteiger partial charge in [-0.15, -0.1) is 11.3 Å². The van der Waals surface area contributed by atoms with Crippen LogP contribution in [0.15, 0.2) is 40.6 Å². The highest BCUT2D eigenvalue weighted by molar-refractivity contribution is 7.89. The second kappa shape index (κ2) is 7.65. The number of hydrogen-bond acceptors (Lipinski definition) is 5. The van der Waals surface area contributed by atoms with Crippen molar-refractivity contribution in [3.63, 3.8) is 0 Å². The Hall–Kier alpha value is -1.74. The summed E-state index contributed by atoms with van der Waals surface area (Å²) >= 11 is 1.58. The number of nitrogens with one attached hydrogen (secondary N) is 1. The van der Waals surface area contributed by atoms with Crippen molar-refractivity contribution < 1.29 is 17.9 Å². The number of morpholine rings is 1. The number of thiophene rings is 1. The molecule has 3 rings (SSSR count). The van der Waals surface area contributed by atoms with Gasteiger partial charge in [0, 0.05) is 23.5 Å². The van der Waals surface area contributed by atoms with E-state index in [0.717, 1.165) is 10.4 Å². The highest BCUT2D eigenvalue weighted by atomic mass is 32.2. The second-order valence-corrected chi connectivity index (χ2v) is 8.69. The molecule has 2 aromatic rings. The summed E-state index contributed by atoms with van der Waals surface area (Å²) in [6, 6.07) is 8.17. The van der Waals surface area contributed by atoms with Gasteiger partial charge in [0.05, 0.1) is 24.7 Å². The average Bonchev–Trinajstić information content (AvgIpc) is 3.05. The van der Waals surface area contributed by atoms with Crippen LogP contribution in [0, 0.1) is 6.92 Å².